The third kappa shape index (κ3) is 30.3. The molecule has 24 N–H and O–H groups in total. The number of hydrogen-bond acceptors (Lipinski definition) is 23. The second-order valence-electron chi connectivity index (χ2n) is 33.4. The Morgan fingerprint density at radius 3 is 1.68 bits per heavy atom. The Kier molecular flexibility index (Phi) is 41.6. The number of hydrogen-bond donors (Lipinski definition) is 21. The minimum atomic E-state index is -1.92. The fraction of sp³-hybridized carbons (Fsp3) is 0.551. The molecule has 16 amide bonds. The fourth-order valence-corrected chi connectivity index (χ4v) is 17.0. The molecule has 5 aromatic rings. The SMILES string of the molecule is C.CCCC[C@H]1C(=O)N(C)[C@@H](CCCC)C(=O)N[C@@H](CCCNC(=N)N)C(=O)N[C@H](C(=O)NCC(N)=O)CSCC(=O)N[C@@H](Cc2ccc(O)cc2)C(=O)N(C)[C@@H](C)C(=O)N[C@@H](CCCN)C(=O)N2CCC[C@H]2C(=O)N[C@@H](C)C(=O)N[C@@H](CCC(=O)O)C(=O)N2C[C@@H](O)C[C@H]2C(=O)N[C@@H](Cc2c[nH]c3ccccc23)C(=O)N[C@@H](CO)C(=O)N[C@@H](Cc2c[nH]c3ccccc23)C(=O)N1C. The molecule has 44 heteroatoms. The third-order valence-corrected chi connectivity index (χ3v) is 24.7. The summed E-state index contributed by atoms with van der Waals surface area (Å²) < 4.78 is 0. The van der Waals surface area contributed by atoms with Crippen LogP contribution in [0.2, 0.25) is 0 Å². The number of phenols is 1. The number of phenolic OH excluding ortho intramolecular Hbond substituents is 1. The lowest BCUT2D eigenvalue weighted by Crippen LogP contribution is -2.61. The van der Waals surface area contributed by atoms with Gasteiger partial charge in [0.1, 0.15) is 90.3 Å². The summed E-state index contributed by atoms with van der Waals surface area (Å²) in [4.78, 5) is 259. The zero-order valence-electron chi connectivity index (χ0n) is 75.2. The molecule has 3 aliphatic rings. The molecule has 728 valence electrons. The number of fused-ring (bicyclic) bond motifs is 4. The maximum atomic E-state index is 15.7. The van der Waals surface area contributed by atoms with Crippen LogP contribution in [0.25, 0.3) is 21.8 Å². The van der Waals surface area contributed by atoms with Gasteiger partial charge in [-0.1, -0.05) is 95.5 Å². The first kappa shape index (κ1) is 107. The summed E-state index contributed by atoms with van der Waals surface area (Å²) in [5.41, 5.74) is 19.6. The van der Waals surface area contributed by atoms with E-state index in [1.807, 2.05) is 13.8 Å². The number of para-hydroxylation sites is 2. The van der Waals surface area contributed by atoms with Crippen molar-refractivity contribution in [1.82, 2.24) is 93.0 Å². The molecule has 8 rings (SSSR count). The molecule has 43 nitrogen and oxygen atoms in total. The van der Waals surface area contributed by atoms with Crippen molar-refractivity contribution in [2.75, 3.05) is 72.0 Å². The average Bonchev–Trinajstić information content (AvgIpc) is 1.70. The van der Waals surface area contributed by atoms with Gasteiger partial charge in [-0.05, 0) is 119 Å². The molecule has 2 aromatic heterocycles. The van der Waals surface area contributed by atoms with Crippen molar-refractivity contribution in [3.8, 4) is 5.75 Å². The lowest BCUT2D eigenvalue weighted by Gasteiger charge is -2.36. The van der Waals surface area contributed by atoms with Gasteiger partial charge in [0, 0.05) is 113 Å². The monoisotopic (exact) mass is 1870 g/mol. The summed E-state index contributed by atoms with van der Waals surface area (Å²) in [7, 11) is 3.93. The zero-order chi connectivity index (χ0) is 96.7. The van der Waals surface area contributed by atoms with E-state index in [1.165, 1.54) is 64.2 Å². The molecule has 3 aromatic carbocycles. The molecule has 0 spiro atoms. The van der Waals surface area contributed by atoms with Crippen molar-refractivity contribution in [3.05, 3.63) is 102 Å². The minimum absolute atomic E-state index is 0. The number of aliphatic carboxylic acids is 1. The minimum Gasteiger partial charge on any atom is -0.508 e. The van der Waals surface area contributed by atoms with Crippen LogP contribution in [0.4, 0.5) is 0 Å². The number of aromatic amines is 2. The highest BCUT2D eigenvalue weighted by Crippen LogP contribution is 2.28. The number of aliphatic hydroxyl groups excluding tert-OH is 2. The van der Waals surface area contributed by atoms with Crippen LogP contribution in [0.3, 0.4) is 0 Å². The number of H-pyrrole nitrogens is 2. The largest absolute Gasteiger partial charge is 0.508 e. The van der Waals surface area contributed by atoms with Crippen LogP contribution >= 0.6 is 11.8 Å². The highest BCUT2D eigenvalue weighted by atomic mass is 32.2. The summed E-state index contributed by atoms with van der Waals surface area (Å²) in [5, 5.41) is 80.4. The number of nitrogens with one attached hydrogen (secondary N) is 14. The first-order chi connectivity index (χ1) is 62.9. The van der Waals surface area contributed by atoms with Gasteiger partial charge >= 0.3 is 5.97 Å². The van der Waals surface area contributed by atoms with Gasteiger partial charge in [0.2, 0.25) is 94.5 Å². The van der Waals surface area contributed by atoms with E-state index in [4.69, 9.17) is 22.6 Å². The van der Waals surface area contributed by atoms with Gasteiger partial charge < -0.3 is 131 Å². The third-order valence-electron chi connectivity index (χ3n) is 23.7. The Labute approximate surface area is 774 Å². The number of aromatic nitrogens is 2. The molecule has 0 bridgehead atoms. The predicted octanol–water partition coefficient (Wildman–Crippen LogP) is -2.56. The number of aliphatic hydroxyl groups is 2. The highest BCUT2D eigenvalue weighted by Gasteiger charge is 2.46. The number of rotatable bonds is 26. The Bertz CT molecular complexity index is 4940. The number of aromatic hydroxyl groups is 1. The molecule has 0 aliphatic carbocycles. The summed E-state index contributed by atoms with van der Waals surface area (Å²) in [5.74, 6) is -17.9. The van der Waals surface area contributed by atoms with E-state index in [9.17, 15) is 73.2 Å². The highest BCUT2D eigenvalue weighted by molar-refractivity contribution is 8.00. The van der Waals surface area contributed by atoms with Gasteiger partial charge in [-0.15, -0.1) is 11.8 Å². The number of amides is 16. The summed E-state index contributed by atoms with van der Waals surface area (Å²) in [6.07, 6.45) is 0.857. The second-order valence-corrected chi connectivity index (χ2v) is 34.5. The van der Waals surface area contributed by atoms with Crippen LogP contribution < -0.4 is 75.7 Å². The van der Waals surface area contributed by atoms with Crippen molar-refractivity contribution < 1.29 is 102 Å². The summed E-state index contributed by atoms with van der Waals surface area (Å²) in [6, 6.07) is -2.04. The molecule has 133 heavy (non-hydrogen) atoms. The van der Waals surface area contributed by atoms with Crippen LogP contribution in [-0.2, 0) is 101 Å². The fourth-order valence-electron chi connectivity index (χ4n) is 16.1. The molecular formula is C89H130N22O21S. The lowest BCUT2D eigenvalue weighted by atomic mass is 10.00. The molecule has 0 saturated carbocycles. The van der Waals surface area contributed by atoms with Crippen molar-refractivity contribution in [1.29, 1.82) is 5.41 Å². The van der Waals surface area contributed by atoms with Crippen molar-refractivity contribution in [2.45, 2.75) is 241 Å². The maximum Gasteiger partial charge on any atom is 0.303 e. The van der Waals surface area contributed by atoms with E-state index in [-0.39, 0.29) is 103 Å². The van der Waals surface area contributed by atoms with E-state index in [0.717, 1.165) is 31.4 Å². The quantitative estimate of drug-likeness (QED) is 0.0154. The molecule has 3 saturated heterocycles. The van der Waals surface area contributed by atoms with E-state index in [2.05, 4.69) is 68.5 Å². The maximum absolute atomic E-state index is 15.7. The number of guanidine groups is 1. The predicted molar refractivity (Wildman–Crippen MR) is 492 cm³/mol. The molecule has 5 heterocycles. The summed E-state index contributed by atoms with van der Waals surface area (Å²) >= 11 is 0.778. The number of benzene rings is 3. The van der Waals surface area contributed by atoms with Gasteiger partial charge in [0.25, 0.3) is 0 Å². The van der Waals surface area contributed by atoms with Gasteiger partial charge in [0.15, 0.2) is 5.96 Å². The van der Waals surface area contributed by atoms with E-state index in [0.29, 0.717) is 64.2 Å². The number of thioether (sulfide) groups is 1. The number of unbranched alkanes of at least 4 members (excludes halogenated alkanes) is 2. The van der Waals surface area contributed by atoms with Crippen molar-refractivity contribution in [3.63, 3.8) is 0 Å². The molecule has 0 radical (unpaired) electrons. The van der Waals surface area contributed by atoms with Crippen LogP contribution in [0, 0.1) is 5.41 Å². The zero-order valence-corrected chi connectivity index (χ0v) is 76.0. The van der Waals surface area contributed by atoms with Gasteiger partial charge in [-0.2, -0.15) is 0 Å². The molecule has 3 fully saturated rings. The van der Waals surface area contributed by atoms with E-state index < -0.39 is 248 Å². The lowest BCUT2D eigenvalue weighted by molar-refractivity contribution is -0.149. The Hall–Kier alpha value is -13.0. The summed E-state index contributed by atoms with van der Waals surface area (Å²) in [6.45, 7) is 3.85. The van der Waals surface area contributed by atoms with Gasteiger partial charge in [-0.3, -0.25) is 86.9 Å². The van der Waals surface area contributed by atoms with Crippen molar-refractivity contribution >= 4 is 140 Å². The topological polar surface area (TPSA) is 653 Å². The first-order valence-electron chi connectivity index (χ1n) is 44.3. The number of carbonyl (C=O) groups is 17. The first-order valence-corrected chi connectivity index (χ1v) is 45.5. The van der Waals surface area contributed by atoms with Crippen molar-refractivity contribution in [2.24, 2.45) is 17.2 Å². The number of carboxylic acid groups (broad SMARTS) is 1. The number of likely N-dealkylation sites (N-methyl/N-ethyl adjacent to an activating group) is 3. The van der Waals surface area contributed by atoms with Crippen LogP contribution in [0.15, 0.2) is 85.2 Å². The Morgan fingerprint density at radius 1 is 0.541 bits per heavy atom. The van der Waals surface area contributed by atoms with Gasteiger partial charge in [0.05, 0.1) is 25.0 Å². The molecule has 3 aliphatic heterocycles. The van der Waals surface area contributed by atoms with Crippen LogP contribution in [0.5, 0.6) is 5.75 Å². The van der Waals surface area contributed by atoms with E-state index >= 15 is 28.8 Å². The molecular weight excluding hydrogens is 1750 g/mol. The normalized spacial score (nSPS) is 24.8. The number of carbonyl (C=O) groups excluding carboxylic acids is 16. The molecule has 0 unspecified atom stereocenters. The average molecular weight is 1880 g/mol. The van der Waals surface area contributed by atoms with Crippen LogP contribution in [-0.4, -0.2) is 324 Å². The second kappa shape index (κ2) is 51.7. The standard InChI is InChI=1S/C88H126N22O21S.CH4/c1-8-10-25-67-80(124)99-59(24-17-35-93-88(91)92)77(121)105-66(76(120)96-43-71(90)114)46-132-47-72(115)98-63(37-50-28-30-53(112)31-29-50)83(127)106(5)49(4)75(119)101-60(23-16-34-89)85(129)109-36-18-27-68(109)81(125)97-48(3)74(118)100-61(32-33-73(116)117)86(130)110-44-54(113)40-70(110)82(126)102-62(38-51-41-94-57-21-14-12-19-55(51)57)78(122)104-65(45-111)79(123)103-64(39-52-42-95-58-22-15-13-20-56(52)58)84(128)108(7)69(26-11-9-2)87(131)107(67)6;/h12-15,19-22,28-31,41-42,48-49,54,59-70,94-95,111-113H,8-11,16-18,23-27,32-40,43-47,89H2,1-7H3,(H2,90,114)(H,96,120)(H,97,125)(H,98,115)(H,99,124)(H,100,118)(H,101,119)(H,102,126)(H,103,123)(H,104,122)(H,105,121)(H,116,117)(H4,91,92,93);1H4/t48-,49-,54-,59-,60-,61-,62-,63-,64-,65-,66-,67-,68-,69-,70-;/m0./s1. The number of primary amides is 1. The van der Waals surface area contributed by atoms with Crippen LogP contribution in [0.1, 0.15) is 148 Å². The Balaban J connectivity index is 0.0000242. The smallest absolute Gasteiger partial charge is 0.303 e. The van der Waals surface area contributed by atoms with Gasteiger partial charge in [-0.25, -0.2) is 0 Å². The number of carboxylic acids is 1. The Morgan fingerprint density at radius 2 is 1.07 bits per heavy atom. The number of nitrogens with two attached hydrogens (primary N) is 3. The molecule has 15 atom stereocenters. The van der Waals surface area contributed by atoms with E-state index in [1.54, 1.807) is 60.9 Å². The number of nitrogens with zero attached hydrogens (tertiary/aromatic N) is 5.